The molecule has 0 saturated carbocycles. The van der Waals surface area contributed by atoms with Crippen molar-refractivity contribution in [2.75, 3.05) is 13.2 Å². The van der Waals surface area contributed by atoms with Gasteiger partial charge in [0.2, 0.25) is 0 Å². The Kier molecular flexibility index (Phi) is 5.10. The number of aliphatic hydroxyl groups is 1. The first-order valence-electron chi connectivity index (χ1n) is 5.70. The van der Waals surface area contributed by atoms with Crippen LogP contribution in [0.25, 0.3) is 0 Å². The third kappa shape index (κ3) is 3.76. The SMILES string of the molecule is CC(C)CNC(C)(CO)c1ccc(F)c(Br)c1. The summed E-state index contributed by atoms with van der Waals surface area (Å²) in [5.41, 5.74) is 0.328. The Labute approximate surface area is 110 Å². The summed E-state index contributed by atoms with van der Waals surface area (Å²) in [6.45, 7) is 6.88. The Morgan fingerprint density at radius 3 is 2.59 bits per heavy atom. The van der Waals surface area contributed by atoms with Gasteiger partial charge in [-0.2, -0.15) is 0 Å². The Bertz CT molecular complexity index is 384. The van der Waals surface area contributed by atoms with Gasteiger partial charge in [0.25, 0.3) is 0 Å². The van der Waals surface area contributed by atoms with Gasteiger partial charge in [-0.05, 0) is 53.0 Å². The zero-order valence-electron chi connectivity index (χ0n) is 10.4. The maximum absolute atomic E-state index is 13.2. The predicted molar refractivity (Wildman–Crippen MR) is 71.4 cm³/mol. The van der Waals surface area contributed by atoms with Gasteiger partial charge in [0.1, 0.15) is 5.82 Å². The number of nitrogens with one attached hydrogen (secondary N) is 1. The second-order valence-electron chi connectivity index (χ2n) is 4.89. The van der Waals surface area contributed by atoms with E-state index in [1.807, 2.05) is 6.92 Å². The molecule has 0 heterocycles. The lowest BCUT2D eigenvalue weighted by Crippen LogP contribution is -2.44. The molecule has 0 fully saturated rings. The van der Waals surface area contributed by atoms with Crippen LogP contribution in [-0.4, -0.2) is 18.3 Å². The van der Waals surface area contributed by atoms with Gasteiger partial charge in [0.05, 0.1) is 16.6 Å². The monoisotopic (exact) mass is 303 g/mol. The maximum atomic E-state index is 13.2. The van der Waals surface area contributed by atoms with E-state index in [-0.39, 0.29) is 12.4 Å². The number of aliphatic hydroxyl groups excluding tert-OH is 1. The summed E-state index contributed by atoms with van der Waals surface area (Å²) in [4.78, 5) is 0. The van der Waals surface area contributed by atoms with Gasteiger partial charge in [0.15, 0.2) is 0 Å². The van der Waals surface area contributed by atoms with E-state index in [2.05, 4.69) is 35.1 Å². The van der Waals surface area contributed by atoms with Crippen LogP contribution in [0.2, 0.25) is 0 Å². The summed E-state index contributed by atoms with van der Waals surface area (Å²) < 4.78 is 13.6. The molecule has 1 aromatic rings. The second kappa shape index (κ2) is 5.94. The fourth-order valence-electron chi connectivity index (χ4n) is 1.52. The van der Waals surface area contributed by atoms with Crippen molar-refractivity contribution >= 4 is 15.9 Å². The molecule has 1 rings (SSSR count). The number of benzene rings is 1. The standard InChI is InChI=1S/C13H19BrFNO/c1-9(2)7-16-13(3,8-17)10-4-5-12(15)11(14)6-10/h4-6,9,16-17H,7-8H2,1-3H3. The molecule has 4 heteroatoms. The first-order chi connectivity index (χ1) is 7.89. The molecule has 0 saturated heterocycles. The number of hydrogen-bond acceptors (Lipinski definition) is 2. The highest BCUT2D eigenvalue weighted by molar-refractivity contribution is 9.10. The minimum absolute atomic E-state index is 0.0300. The largest absolute Gasteiger partial charge is 0.394 e. The molecule has 0 amide bonds. The predicted octanol–water partition coefficient (Wildman–Crippen LogP) is 3.04. The van der Waals surface area contributed by atoms with Gasteiger partial charge in [-0.15, -0.1) is 0 Å². The van der Waals surface area contributed by atoms with Crippen molar-refractivity contribution in [1.82, 2.24) is 5.32 Å². The van der Waals surface area contributed by atoms with Crippen molar-refractivity contribution in [3.05, 3.63) is 34.1 Å². The lowest BCUT2D eigenvalue weighted by molar-refractivity contribution is 0.171. The van der Waals surface area contributed by atoms with E-state index >= 15 is 0 Å². The molecule has 0 spiro atoms. The molecule has 0 radical (unpaired) electrons. The van der Waals surface area contributed by atoms with E-state index in [4.69, 9.17) is 0 Å². The van der Waals surface area contributed by atoms with Crippen molar-refractivity contribution in [2.24, 2.45) is 5.92 Å². The van der Waals surface area contributed by atoms with E-state index in [1.165, 1.54) is 6.07 Å². The minimum Gasteiger partial charge on any atom is -0.394 e. The van der Waals surface area contributed by atoms with Crippen LogP contribution in [-0.2, 0) is 5.54 Å². The summed E-state index contributed by atoms with van der Waals surface area (Å²) in [5.74, 6) is 0.197. The lowest BCUT2D eigenvalue weighted by atomic mass is 9.92. The van der Waals surface area contributed by atoms with Crippen LogP contribution in [0.5, 0.6) is 0 Å². The fraction of sp³-hybridized carbons (Fsp3) is 0.538. The van der Waals surface area contributed by atoms with Crippen LogP contribution in [0.3, 0.4) is 0 Å². The Balaban J connectivity index is 2.94. The van der Waals surface area contributed by atoms with Gasteiger partial charge in [0, 0.05) is 0 Å². The van der Waals surface area contributed by atoms with Crippen LogP contribution < -0.4 is 5.32 Å². The molecule has 1 aromatic carbocycles. The summed E-state index contributed by atoms with van der Waals surface area (Å²) in [7, 11) is 0. The molecule has 0 aliphatic rings. The van der Waals surface area contributed by atoms with E-state index in [9.17, 15) is 9.50 Å². The fourth-order valence-corrected chi connectivity index (χ4v) is 1.90. The van der Waals surface area contributed by atoms with Crippen LogP contribution >= 0.6 is 15.9 Å². The molecule has 0 bridgehead atoms. The molecule has 1 atom stereocenters. The number of rotatable bonds is 5. The molecule has 96 valence electrons. The molecule has 17 heavy (non-hydrogen) atoms. The van der Waals surface area contributed by atoms with Crippen LogP contribution in [0.1, 0.15) is 26.3 Å². The molecule has 0 aliphatic carbocycles. The van der Waals surface area contributed by atoms with Gasteiger partial charge in [-0.3, -0.25) is 0 Å². The molecule has 0 aliphatic heterocycles. The number of halogens is 2. The van der Waals surface area contributed by atoms with E-state index < -0.39 is 5.54 Å². The van der Waals surface area contributed by atoms with Crippen molar-refractivity contribution < 1.29 is 9.50 Å². The molecule has 1 unspecified atom stereocenters. The first-order valence-corrected chi connectivity index (χ1v) is 6.50. The van der Waals surface area contributed by atoms with Crippen LogP contribution in [0.4, 0.5) is 4.39 Å². The normalized spacial score (nSPS) is 15.0. The summed E-state index contributed by atoms with van der Waals surface area (Å²) >= 11 is 3.16. The quantitative estimate of drug-likeness (QED) is 0.876. The maximum Gasteiger partial charge on any atom is 0.137 e. The highest BCUT2D eigenvalue weighted by Gasteiger charge is 2.25. The Morgan fingerprint density at radius 1 is 1.47 bits per heavy atom. The second-order valence-corrected chi connectivity index (χ2v) is 5.75. The lowest BCUT2D eigenvalue weighted by Gasteiger charge is -2.30. The molecule has 2 N–H and O–H groups in total. The third-order valence-electron chi connectivity index (χ3n) is 2.77. The van der Waals surface area contributed by atoms with Crippen molar-refractivity contribution in [3.8, 4) is 0 Å². The summed E-state index contributed by atoms with van der Waals surface area (Å²) in [5, 5.41) is 12.9. The van der Waals surface area contributed by atoms with Gasteiger partial charge < -0.3 is 10.4 Å². The topological polar surface area (TPSA) is 32.3 Å². The van der Waals surface area contributed by atoms with E-state index in [0.29, 0.717) is 10.4 Å². The average molecular weight is 304 g/mol. The van der Waals surface area contributed by atoms with Gasteiger partial charge in [-0.1, -0.05) is 19.9 Å². The Morgan fingerprint density at radius 2 is 2.12 bits per heavy atom. The smallest absolute Gasteiger partial charge is 0.137 e. The summed E-state index contributed by atoms with van der Waals surface area (Å²) in [6.07, 6.45) is 0. The van der Waals surface area contributed by atoms with Gasteiger partial charge in [-0.25, -0.2) is 4.39 Å². The van der Waals surface area contributed by atoms with Crippen molar-refractivity contribution in [2.45, 2.75) is 26.3 Å². The zero-order valence-corrected chi connectivity index (χ0v) is 12.0. The van der Waals surface area contributed by atoms with Crippen LogP contribution in [0, 0.1) is 11.7 Å². The van der Waals surface area contributed by atoms with Gasteiger partial charge >= 0.3 is 0 Å². The first kappa shape index (κ1) is 14.6. The average Bonchev–Trinajstić information content (AvgIpc) is 2.29. The molecule has 2 nitrogen and oxygen atoms in total. The van der Waals surface area contributed by atoms with E-state index in [1.54, 1.807) is 12.1 Å². The van der Waals surface area contributed by atoms with Crippen LogP contribution in [0.15, 0.2) is 22.7 Å². The molecule has 0 aromatic heterocycles. The highest BCUT2D eigenvalue weighted by atomic mass is 79.9. The number of hydrogen-bond donors (Lipinski definition) is 2. The minimum atomic E-state index is -0.541. The third-order valence-corrected chi connectivity index (χ3v) is 3.38. The molecular formula is C13H19BrFNO. The van der Waals surface area contributed by atoms with Crippen molar-refractivity contribution in [1.29, 1.82) is 0 Å². The van der Waals surface area contributed by atoms with E-state index in [0.717, 1.165) is 12.1 Å². The zero-order chi connectivity index (χ0) is 13.1. The molecular weight excluding hydrogens is 285 g/mol. The summed E-state index contributed by atoms with van der Waals surface area (Å²) in [6, 6.07) is 4.81. The Hall–Kier alpha value is -0.450. The van der Waals surface area contributed by atoms with Crippen molar-refractivity contribution in [3.63, 3.8) is 0 Å². The highest BCUT2D eigenvalue weighted by Crippen LogP contribution is 2.25.